The van der Waals surface area contributed by atoms with Gasteiger partial charge >= 0.3 is 0 Å². The lowest BCUT2D eigenvalue weighted by Gasteiger charge is -2.27. The molecule has 7 rings (SSSR count). The zero-order valence-electron chi connectivity index (χ0n) is 35.9. The average Bonchev–Trinajstić information content (AvgIpc) is 3.87. The molecule has 18 heteroatoms. The van der Waals surface area contributed by atoms with Crippen LogP contribution in [0.4, 0.5) is 5.69 Å². The van der Waals surface area contributed by atoms with Crippen molar-refractivity contribution in [3.05, 3.63) is 119 Å². The summed E-state index contributed by atoms with van der Waals surface area (Å²) in [5.74, 6) is -1.87. The van der Waals surface area contributed by atoms with Crippen LogP contribution in [0.1, 0.15) is 87.3 Å². The predicted octanol–water partition coefficient (Wildman–Crippen LogP) is 4.72. The number of allylic oxidation sites excluding steroid dienone is 1. The Morgan fingerprint density at radius 2 is 1.77 bits per heavy atom. The highest BCUT2D eigenvalue weighted by molar-refractivity contribution is 6.26. The Bertz CT molecular complexity index is 2690. The lowest BCUT2D eigenvalue weighted by atomic mass is 9.98. The van der Waals surface area contributed by atoms with E-state index in [1.54, 1.807) is 47.4 Å². The van der Waals surface area contributed by atoms with E-state index >= 15 is 0 Å². The van der Waals surface area contributed by atoms with Crippen LogP contribution in [0.2, 0.25) is 0 Å². The SMILES string of the molecule is CCOc1cc(C(=O)/C=C/c2ccccc2OCc2ccc(-c3cn(CCCC(=O)Nc4cccc5c4C(=O)N(C4CCC(=O)NC4=O)C5=O)nn3)nc2)c(CCNC(C)=O)cc1OC. The minimum atomic E-state index is -1.12. The molecule has 2 aliphatic rings. The second-order valence-electron chi connectivity index (χ2n) is 15.1. The predicted molar refractivity (Wildman–Crippen MR) is 235 cm³/mol. The number of hydrogen-bond donors (Lipinski definition) is 3. The summed E-state index contributed by atoms with van der Waals surface area (Å²) in [5, 5.41) is 16.1. The molecule has 5 aromatic rings. The maximum atomic E-state index is 13.6. The maximum Gasteiger partial charge on any atom is 0.264 e. The Morgan fingerprint density at radius 3 is 2.52 bits per heavy atom. The van der Waals surface area contributed by atoms with Gasteiger partial charge in [-0.1, -0.05) is 35.5 Å². The molecule has 2 aliphatic heterocycles. The molecule has 1 fully saturated rings. The number of methoxy groups -OCH3 is 1. The Balaban J connectivity index is 0.916. The molecular formula is C47H46N8O10. The number of para-hydroxylation sites is 1. The summed E-state index contributed by atoms with van der Waals surface area (Å²) in [4.78, 5) is 94.0. The highest BCUT2D eigenvalue weighted by Gasteiger charge is 2.45. The van der Waals surface area contributed by atoms with Crippen LogP contribution < -0.4 is 30.2 Å². The number of ether oxygens (including phenoxy) is 3. The fourth-order valence-electron chi connectivity index (χ4n) is 7.43. The third-order valence-electron chi connectivity index (χ3n) is 10.6. The van der Waals surface area contributed by atoms with Crippen molar-refractivity contribution in [2.24, 2.45) is 0 Å². The first-order chi connectivity index (χ1) is 31.4. The maximum absolute atomic E-state index is 13.6. The van der Waals surface area contributed by atoms with Gasteiger partial charge in [0.25, 0.3) is 11.8 Å². The number of pyridine rings is 1. The Labute approximate surface area is 373 Å². The second-order valence-corrected chi connectivity index (χ2v) is 15.1. The molecule has 1 atom stereocenters. The van der Waals surface area contributed by atoms with Crippen molar-refractivity contribution in [3.63, 3.8) is 0 Å². The number of benzene rings is 3. The second kappa shape index (κ2) is 20.4. The first kappa shape index (κ1) is 45.0. The number of anilines is 1. The summed E-state index contributed by atoms with van der Waals surface area (Å²) >= 11 is 0. The van der Waals surface area contributed by atoms with Crippen LogP contribution in [-0.2, 0) is 38.8 Å². The molecule has 3 N–H and O–H groups in total. The minimum absolute atomic E-state index is 0.000973. The number of ketones is 1. The van der Waals surface area contributed by atoms with E-state index in [0.717, 1.165) is 10.5 Å². The van der Waals surface area contributed by atoms with E-state index in [2.05, 4.69) is 31.2 Å². The van der Waals surface area contributed by atoms with E-state index in [4.69, 9.17) is 14.2 Å². The number of aromatic nitrogens is 4. The molecule has 0 aliphatic carbocycles. The van der Waals surface area contributed by atoms with E-state index in [1.165, 1.54) is 32.2 Å². The fraction of sp³-hybridized carbons (Fsp3) is 0.277. The van der Waals surface area contributed by atoms with Gasteiger partial charge < -0.3 is 24.8 Å². The number of nitrogens with one attached hydrogen (secondary N) is 3. The van der Waals surface area contributed by atoms with Crippen LogP contribution in [0.25, 0.3) is 17.5 Å². The third kappa shape index (κ3) is 10.6. The third-order valence-corrected chi connectivity index (χ3v) is 10.6. The molecule has 3 aromatic carbocycles. The number of carbonyl (C=O) groups is 7. The zero-order valence-corrected chi connectivity index (χ0v) is 35.9. The van der Waals surface area contributed by atoms with Gasteiger partial charge in [-0.05, 0) is 80.3 Å². The number of rotatable bonds is 19. The highest BCUT2D eigenvalue weighted by atomic mass is 16.5. The summed E-state index contributed by atoms with van der Waals surface area (Å²) in [7, 11) is 1.53. The molecule has 1 unspecified atom stereocenters. The van der Waals surface area contributed by atoms with Gasteiger partial charge in [0.2, 0.25) is 23.6 Å². The largest absolute Gasteiger partial charge is 0.493 e. The molecule has 0 bridgehead atoms. The quantitative estimate of drug-likeness (QED) is 0.0580. The van der Waals surface area contributed by atoms with Gasteiger partial charge in [-0.15, -0.1) is 5.10 Å². The summed E-state index contributed by atoms with van der Waals surface area (Å²) in [5.41, 5.74) is 3.93. The summed E-state index contributed by atoms with van der Waals surface area (Å²) in [6, 6.07) is 17.8. The van der Waals surface area contributed by atoms with Gasteiger partial charge in [-0.3, -0.25) is 53.4 Å². The number of piperidine rings is 1. The normalized spacial score (nSPS) is 14.6. The van der Waals surface area contributed by atoms with Gasteiger partial charge in [0.1, 0.15) is 24.1 Å². The number of aryl methyl sites for hydroxylation is 1. The van der Waals surface area contributed by atoms with Crippen molar-refractivity contribution in [1.29, 1.82) is 0 Å². The number of nitrogens with zero attached hydrogens (tertiary/aromatic N) is 5. The Morgan fingerprint density at radius 1 is 0.938 bits per heavy atom. The highest BCUT2D eigenvalue weighted by Crippen LogP contribution is 2.34. The van der Waals surface area contributed by atoms with Gasteiger partial charge in [-0.25, -0.2) is 0 Å². The van der Waals surface area contributed by atoms with Crippen molar-refractivity contribution >= 4 is 53.0 Å². The van der Waals surface area contributed by atoms with Crippen molar-refractivity contribution in [1.82, 2.24) is 35.5 Å². The molecule has 0 saturated carbocycles. The van der Waals surface area contributed by atoms with Crippen LogP contribution >= 0.6 is 0 Å². The van der Waals surface area contributed by atoms with E-state index in [9.17, 15) is 33.6 Å². The van der Waals surface area contributed by atoms with Gasteiger partial charge in [0.15, 0.2) is 17.3 Å². The fourth-order valence-corrected chi connectivity index (χ4v) is 7.43. The topological polar surface area (TPSA) is 230 Å². The molecular weight excluding hydrogens is 837 g/mol. The molecule has 65 heavy (non-hydrogen) atoms. The summed E-state index contributed by atoms with van der Waals surface area (Å²) in [6.45, 7) is 4.56. The summed E-state index contributed by atoms with van der Waals surface area (Å²) in [6.07, 6.45) is 7.44. The summed E-state index contributed by atoms with van der Waals surface area (Å²) < 4.78 is 19.0. The molecule has 2 aromatic heterocycles. The Kier molecular flexibility index (Phi) is 14.2. The van der Waals surface area contributed by atoms with Gasteiger partial charge in [0, 0.05) is 55.7 Å². The molecule has 334 valence electrons. The molecule has 1 saturated heterocycles. The number of carbonyl (C=O) groups excluding carboxylic acids is 7. The van der Waals surface area contributed by atoms with Crippen molar-refractivity contribution < 1.29 is 47.8 Å². The van der Waals surface area contributed by atoms with E-state index in [-0.39, 0.29) is 60.3 Å². The molecule has 18 nitrogen and oxygen atoms in total. The molecule has 0 spiro atoms. The van der Waals surface area contributed by atoms with Crippen molar-refractivity contribution in [3.8, 4) is 28.6 Å². The zero-order chi connectivity index (χ0) is 46.0. The number of hydrogen-bond acceptors (Lipinski definition) is 13. The average molecular weight is 883 g/mol. The van der Waals surface area contributed by atoms with E-state index in [0.29, 0.717) is 77.9 Å². The van der Waals surface area contributed by atoms with Gasteiger partial charge in [0.05, 0.1) is 42.4 Å². The van der Waals surface area contributed by atoms with E-state index in [1.807, 2.05) is 37.3 Å². The van der Waals surface area contributed by atoms with Crippen LogP contribution in [0, 0.1) is 0 Å². The smallest absolute Gasteiger partial charge is 0.264 e. The number of imide groups is 2. The molecule has 4 heterocycles. The first-order valence-corrected chi connectivity index (χ1v) is 21.0. The Hall–Kier alpha value is -8.02. The van der Waals surface area contributed by atoms with E-state index < -0.39 is 29.7 Å². The van der Waals surface area contributed by atoms with Gasteiger partial charge in [-0.2, -0.15) is 0 Å². The lowest BCUT2D eigenvalue weighted by molar-refractivity contribution is -0.136. The number of fused-ring (bicyclic) bond motifs is 1. The standard InChI is InChI=1S/C47H46N8O10/c1-4-64-41-24-33(31(23-40(41)63-3)20-21-48-28(2)56)38(57)18-15-30-9-5-6-12-39(30)65-27-29-14-16-34(49-25-29)36-26-54(53-52-36)22-8-13-42(58)50-35-11-7-10-32-44(35)47(62)55(46(32)61)37-17-19-43(59)51-45(37)60/h5-7,9-12,14-16,18,23-26,37H,4,8,13,17,19-22,27H2,1-3H3,(H,48,56)(H,50,58)(H,51,59,60)/b18-15+. The van der Waals surface area contributed by atoms with Crippen molar-refractivity contribution in [2.45, 2.75) is 65.1 Å². The van der Waals surface area contributed by atoms with Crippen LogP contribution in [0.5, 0.6) is 17.2 Å². The lowest BCUT2D eigenvalue weighted by Crippen LogP contribution is -2.54. The molecule has 0 radical (unpaired) electrons. The monoisotopic (exact) mass is 882 g/mol. The first-order valence-electron chi connectivity index (χ1n) is 21.0. The number of amides is 6. The van der Waals surface area contributed by atoms with Crippen LogP contribution in [0.3, 0.4) is 0 Å². The minimum Gasteiger partial charge on any atom is -0.493 e. The van der Waals surface area contributed by atoms with Crippen molar-refractivity contribution in [2.75, 3.05) is 25.6 Å². The van der Waals surface area contributed by atoms with Crippen LogP contribution in [-0.4, -0.2) is 92.4 Å². The molecule has 6 amide bonds. The van der Waals surface area contributed by atoms with Crippen LogP contribution in [0.15, 0.2) is 85.2 Å².